The maximum Gasteiger partial charge on any atom is 0.0934 e. The number of hydrogen-bond donors (Lipinski definition) is 0. The predicted molar refractivity (Wildman–Crippen MR) is 74.3 cm³/mol. The molecule has 0 aliphatic heterocycles. The minimum absolute atomic E-state index is 1.19. The molecule has 0 aliphatic carbocycles. The van der Waals surface area contributed by atoms with Crippen molar-refractivity contribution in [2.24, 2.45) is 0 Å². The maximum absolute atomic E-state index is 5.06. The summed E-state index contributed by atoms with van der Waals surface area (Å²) in [6.07, 6.45) is 18.9. The van der Waals surface area contributed by atoms with E-state index >= 15 is 0 Å². The molecule has 0 atom stereocenters. The third kappa shape index (κ3) is 8.06. The molecule has 1 heterocycles. The zero-order chi connectivity index (χ0) is 12.2. The summed E-state index contributed by atoms with van der Waals surface area (Å²) in [5.41, 5.74) is 1.35. The van der Waals surface area contributed by atoms with Crippen molar-refractivity contribution in [1.29, 1.82) is 0 Å². The van der Waals surface area contributed by atoms with Crippen molar-refractivity contribution in [1.82, 2.24) is 0 Å². The van der Waals surface area contributed by atoms with Crippen LogP contribution in [0.4, 0.5) is 0 Å². The summed E-state index contributed by atoms with van der Waals surface area (Å²) in [5, 5.41) is 0. The van der Waals surface area contributed by atoms with Crippen molar-refractivity contribution in [2.75, 3.05) is 0 Å². The SMILES string of the molecule is CCCCCCCCCCCCc1ccoc1. The van der Waals surface area contributed by atoms with Gasteiger partial charge in [0.15, 0.2) is 0 Å². The van der Waals surface area contributed by atoms with Crippen molar-refractivity contribution in [2.45, 2.75) is 77.6 Å². The molecule has 1 heteroatoms. The van der Waals surface area contributed by atoms with Crippen LogP contribution < -0.4 is 0 Å². The molecule has 0 saturated carbocycles. The molecule has 1 rings (SSSR count). The highest BCUT2D eigenvalue weighted by Crippen LogP contribution is 2.12. The van der Waals surface area contributed by atoms with Crippen LogP contribution in [-0.4, -0.2) is 0 Å². The van der Waals surface area contributed by atoms with E-state index in [9.17, 15) is 0 Å². The molecule has 0 radical (unpaired) electrons. The highest BCUT2D eigenvalue weighted by Gasteiger charge is 1.95. The lowest BCUT2D eigenvalue weighted by molar-refractivity contribution is 0.550. The van der Waals surface area contributed by atoms with Gasteiger partial charge in [0.25, 0.3) is 0 Å². The Kier molecular flexibility index (Phi) is 8.80. The van der Waals surface area contributed by atoms with Crippen LogP contribution in [0.1, 0.15) is 76.7 Å². The molecule has 0 aromatic carbocycles. The highest BCUT2D eigenvalue weighted by molar-refractivity contribution is 5.04. The number of unbranched alkanes of at least 4 members (excludes halogenated alkanes) is 9. The second kappa shape index (κ2) is 10.4. The van der Waals surface area contributed by atoms with E-state index in [1.54, 1.807) is 6.26 Å². The van der Waals surface area contributed by atoms with Crippen LogP contribution in [0.2, 0.25) is 0 Å². The normalized spacial score (nSPS) is 10.9. The monoisotopic (exact) mass is 236 g/mol. The Bertz CT molecular complexity index is 238. The molecule has 0 bridgehead atoms. The first-order valence-corrected chi connectivity index (χ1v) is 7.44. The Labute approximate surface area is 107 Å². The van der Waals surface area contributed by atoms with Gasteiger partial charge in [0.05, 0.1) is 12.5 Å². The lowest BCUT2D eigenvalue weighted by Gasteiger charge is -2.01. The Morgan fingerprint density at radius 2 is 1.41 bits per heavy atom. The Hall–Kier alpha value is -0.720. The van der Waals surface area contributed by atoms with Gasteiger partial charge in [-0.2, -0.15) is 0 Å². The van der Waals surface area contributed by atoms with Crippen LogP contribution in [0.15, 0.2) is 23.0 Å². The predicted octanol–water partition coefficient (Wildman–Crippen LogP) is 5.74. The molecule has 0 N–H and O–H groups in total. The number of aryl methyl sites for hydroxylation is 1. The van der Waals surface area contributed by atoms with Gasteiger partial charge in [-0.15, -0.1) is 0 Å². The lowest BCUT2D eigenvalue weighted by atomic mass is 10.0. The van der Waals surface area contributed by atoms with E-state index in [1.165, 1.54) is 76.2 Å². The van der Waals surface area contributed by atoms with Gasteiger partial charge < -0.3 is 4.42 Å². The summed E-state index contributed by atoms with van der Waals surface area (Å²) in [7, 11) is 0. The smallest absolute Gasteiger partial charge is 0.0934 e. The van der Waals surface area contributed by atoms with Gasteiger partial charge in [0.1, 0.15) is 0 Å². The summed E-state index contributed by atoms with van der Waals surface area (Å²) in [5.74, 6) is 0. The van der Waals surface area contributed by atoms with Crippen molar-refractivity contribution >= 4 is 0 Å². The van der Waals surface area contributed by atoms with E-state index in [0.29, 0.717) is 0 Å². The largest absolute Gasteiger partial charge is 0.472 e. The molecule has 1 nitrogen and oxygen atoms in total. The fourth-order valence-electron chi connectivity index (χ4n) is 2.25. The van der Waals surface area contributed by atoms with Gasteiger partial charge in [-0.05, 0) is 24.5 Å². The van der Waals surface area contributed by atoms with E-state index in [2.05, 4.69) is 13.0 Å². The van der Waals surface area contributed by atoms with E-state index in [0.717, 1.165) is 0 Å². The number of rotatable bonds is 11. The average molecular weight is 236 g/mol. The summed E-state index contributed by atoms with van der Waals surface area (Å²) < 4.78 is 5.06. The Morgan fingerprint density at radius 1 is 0.824 bits per heavy atom. The van der Waals surface area contributed by atoms with Crippen LogP contribution in [0.3, 0.4) is 0 Å². The minimum Gasteiger partial charge on any atom is -0.472 e. The molecule has 0 saturated heterocycles. The van der Waals surface area contributed by atoms with Crippen LogP contribution in [0.5, 0.6) is 0 Å². The summed E-state index contributed by atoms with van der Waals surface area (Å²) in [6, 6.07) is 2.08. The van der Waals surface area contributed by atoms with E-state index in [-0.39, 0.29) is 0 Å². The number of furan rings is 1. The van der Waals surface area contributed by atoms with Gasteiger partial charge >= 0.3 is 0 Å². The van der Waals surface area contributed by atoms with E-state index in [4.69, 9.17) is 4.42 Å². The molecule has 17 heavy (non-hydrogen) atoms. The van der Waals surface area contributed by atoms with Crippen molar-refractivity contribution in [3.8, 4) is 0 Å². The van der Waals surface area contributed by atoms with Crippen LogP contribution in [0.25, 0.3) is 0 Å². The molecular weight excluding hydrogens is 208 g/mol. The molecule has 0 amide bonds. The van der Waals surface area contributed by atoms with Gasteiger partial charge in [-0.25, -0.2) is 0 Å². The maximum atomic E-state index is 5.06. The number of hydrogen-bond acceptors (Lipinski definition) is 1. The van der Waals surface area contributed by atoms with Crippen LogP contribution in [-0.2, 0) is 6.42 Å². The van der Waals surface area contributed by atoms with Crippen LogP contribution in [0, 0.1) is 0 Å². The Balaban J connectivity index is 1.76. The topological polar surface area (TPSA) is 13.1 Å². The molecule has 0 aliphatic rings. The third-order valence-electron chi connectivity index (χ3n) is 3.40. The van der Waals surface area contributed by atoms with Gasteiger partial charge in [-0.3, -0.25) is 0 Å². The molecular formula is C16H28O. The first-order valence-electron chi connectivity index (χ1n) is 7.44. The fourth-order valence-corrected chi connectivity index (χ4v) is 2.25. The Morgan fingerprint density at radius 3 is 1.94 bits per heavy atom. The zero-order valence-corrected chi connectivity index (χ0v) is 11.4. The van der Waals surface area contributed by atoms with Crippen molar-refractivity contribution in [3.05, 3.63) is 24.2 Å². The lowest BCUT2D eigenvalue weighted by Crippen LogP contribution is -1.84. The van der Waals surface area contributed by atoms with E-state index in [1.807, 2.05) is 6.26 Å². The summed E-state index contributed by atoms with van der Waals surface area (Å²) in [6.45, 7) is 2.28. The van der Waals surface area contributed by atoms with Crippen LogP contribution >= 0.6 is 0 Å². The summed E-state index contributed by atoms with van der Waals surface area (Å²) >= 11 is 0. The standard InChI is InChI=1S/C16H28O/c1-2-3-4-5-6-7-8-9-10-11-12-16-13-14-17-15-16/h13-15H,2-12H2,1H3. The average Bonchev–Trinajstić information content (AvgIpc) is 2.85. The first kappa shape index (κ1) is 14.3. The molecule has 1 aromatic rings. The zero-order valence-electron chi connectivity index (χ0n) is 11.4. The highest BCUT2D eigenvalue weighted by atomic mass is 16.3. The fraction of sp³-hybridized carbons (Fsp3) is 0.750. The second-order valence-electron chi connectivity index (χ2n) is 5.06. The summed E-state index contributed by atoms with van der Waals surface area (Å²) in [4.78, 5) is 0. The van der Waals surface area contributed by atoms with Gasteiger partial charge in [0, 0.05) is 0 Å². The molecule has 98 valence electrons. The minimum atomic E-state index is 1.19. The molecule has 0 spiro atoms. The second-order valence-corrected chi connectivity index (χ2v) is 5.06. The third-order valence-corrected chi connectivity index (χ3v) is 3.40. The first-order chi connectivity index (χ1) is 8.43. The molecule has 0 fully saturated rings. The van der Waals surface area contributed by atoms with Gasteiger partial charge in [-0.1, -0.05) is 64.7 Å². The quantitative estimate of drug-likeness (QED) is 0.446. The van der Waals surface area contributed by atoms with E-state index < -0.39 is 0 Å². The van der Waals surface area contributed by atoms with Crippen molar-refractivity contribution < 1.29 is 4.42 Å². The molecule has 1 aromatic heterocycles. The molecule has 0 unspecified atom stereocenters. The van der Waals surface area contributed by atoms with Crippen molar-refractivity contribution in [3.63, 3.8) is 0 Å². The van der Waals surface area contributed by atoms with Gasteiger partial charge in [0.2, 0.25) is 0 Å².